The van der Waals surface area contributed by atoms with Gasteiger partial charge in [-0.2, -0.15) is 0 Å². The third-order valence-corrected chi connectivity index (χ3v) is 17.5. The Bertz CT molecular complexity index is 1270. The van der Waals surface area contributed by atoms with Gasteiger partial charge in [-0.05, 0) is 57.8 Å². The number of allylic oxidation sites excluding steroid dienone is 4. The van der Waals surface area contributed by atoms with Crippen LogP contribution < -0.4 is 5.32 Å². The van der Waals surface area contributed by atoms with E-state index in [1.807, 2.05) is 0 Å². The average molecular weight is 1140 g/mol. The molecule has 0 aromatic rings. The van der Waals surface area contributed by atoms with Crippen LogP contribution in [0.5, 0.6) is 0 Å². The molecule has 0 rings (SSSR count). The van der Waals surface area contributed by atoms with E-state index in [0.717, 1.165) is 51.4 Å². The van der Waals surface area contributed by atoms with Gasteiger partial charge < -0.3 is 20.3 Å². The fourth-order valence-electron chi connectivity index (χ4n) is 11.9. The average Bonchev–Trinajstić information content (AvgIpc) is 3.47. The number of hydrogen-bond acceptors (Lipinski definition) is 5. The quantitative estimate of drug-likeness (QED) is 0.0320. The van der Waals surface area contributed by atoms with E-state index >= 15 is 0 Å². The second-order valence-corrected chi connectivity index (χ2v) is 25.6. The van der Waals surface area contributed by atoms with E-state index in [0.29, 0.717) is 25.9 Å². The summed E-state index contributed by atoms with van der Waals surface area (Å²) >= 11 is 0. The van der Waals surface area contributed by atoms with Crippen molar-refractivity contribution < 1.29 is 24.5 Å². The number of esters is 1. The summed E-state index contributed by atoms with van der Waals surface area (Å²) in [6.45, 7) is 4.96. The number of rotatable bonds is 70. The minimum atomic E-state index is -0.660. The van der Waals surface area contributed by atoms with Crippen molar-refractivity contribution in [3.05, 3.63) is 24.3 Å². The molecule has 0 fully saturated rings. The van der Waals surface area contributed by atoms with Crippen LogP contribution in [-0.2, 0) is 14.3 Å². The monoisotopic (exact) mass is 1140 g/mol. The van der Waals surface area contributed by atoms with Gasteiger partial charge in [-0.3, -0.25) is 9.59 Å². The molecule has 6 nitrogen and oxygen atoms in total. The molecule has 0 bridgehead atoms. The Morgan fingerprint density at radius 2 is 0.617 bits per heavy atom. The van der Waals surface area contributed by atoms with Crippen molar-refractivity contribution >= 4 is 11.9 Å². The van der Waals surface area contributed by atoms with Crippen LogP contribution in [0.15, 0.2) is 24.3 Å². The summed E-state index contributed by atoms with van der Waals surface area (Å²) in [5.74, 6) is -0.0182. The normalized spacial score (nSPS) is 12.6. The molecular weight excluding hydrogens is 995 g/mol. The topological polar surface area (TPSA) is 95.9 Å². The first kappa shape index (κ1) is 79.3. The minimum absolute atomic E-state index is 0.00832. The van der Waals surface area contributed by atoms with Crippen molar-refractivity contribution in [2.45, 2.75) is 431 Å². The van der Waals surface area contributed by atoms with Crippen molar-refractivity contribution in [3.8, 4) is 0 Å². The number of amides is 1. The first-order valence-electron chi connectivity index (χ1n) is 37.1. The van der Waals surface area contributed by atoms with Crippen LogP contribution in [0.3, 0.4) is 0 Å². The van der Waals surface area contributed by atoms with E-state index in [1.165, 1.54) is 334 Å². The zero-order valence-corrected chi connectivity index (χ0v) is 55.0. The zero-order valence-electron chi connectivity index (χ0n) is 55.0. The van der Waals surface area contributed by atoms with Gasteiger partial charge in [0.1, 0.15) is 0 Å². The predicted molar refractivity (Wildman–Crippen MR) is 356 cm³/mol. The van der Waals surface area contributed by atoms with E-state index in [-0.39, 0.29) is 18.5 Å². The van der Waals surface area contributed by atoms with Gasteiger partial charge in [-0.25, -0.2) is 0 Å². The molecule has 480 valence electrons. The molecule has 81 heavy (non-hydrogen) atoms. The van der Waals surface area contributed by atoms with Gasteiger partial charge in [-0.15, -0.1) is 0 Å². The largest absolute Gasteiger partial charge is 0.466 e. The fraction of sp³-hybridized carbons (Fsp3) is 0.920. The smallest absolute Gasteiger partial charge is 0.305 e. The number of carbonyl (C=O) groups is 2. The molecule has 1 amide bonds. The van der Waals surface area contributed by atoms with Crippen LogP contribution >= 0.6 is 0 Å². The summed E-state index contributed by atoms with van der Waals surface area (Å²) in [6, 6.07) is -0.537. The number of nitrogens with one attached hydrogen (secondary N) is 1. The summed E-state index contributed by atoms with van der Waals surface area (Å²) < 4.78 is 5.49. The Labute approximate surface area is 507 Å². The lowest BCUT2D eigenvalue weighted by atomic mass is 10.0. The number of ether oxygens (including phenoxy) is 1. The summed E-state index contributed by atoms with van der Waals surface area (Å²) in [6.07, 6.45) is 89.6. The van der Waals surface area contributed by atoms with Crippen LogP contribution in [0.2, 0.25) is 0 Å². The number of hydrogen-bond donors (Lipinski definition) is 3. The molecule has 0 heterocycles. The Morgan fingerprint density at radius 3 is 0.963 bits per heavy atom. The summed E-state index contributed by atoms with van der Waals surface area (Å²) in [5.41, 5.74) is 0. The van der Waals surface area contributed by atoms with Crippen LogP contribution in [0, 0.1) is 0 Å². The maximum atomic E-state index is 12.5. The van der Waals surface area contributed by atoms with Gasteiger partial charge >= 0.3 is 5.97 Å². The van der Waals surface area contributed by atoms with Crippen molar-refractivity contribution in [2.24, 2.45) is 0 Å². The maximum Gasteiger partial charge on any atom is 0.305 e. The molecule has 0 aromatic carbocycles. The molecule has 0 aliphatic heterocycles. The summed E-state index contributed by atoms with van der Waals surface area (Å²) in [7, 11) is 0. The van der Waals surface area contributed by atoms with E-state index in [4.69, 9.17) is 4.74 Å². The molecule has 0 aliphatic rings. The molecule has 0 aliphatic carbocycles. The Balaban J connectivity index is 3.31. The molecule has 2 atom stereocenters. The van der Waals surface area contributed by atoms with E-state index in [9.17, 15) is 19.8 Å². The fourth-order valence-corrected chi connectivity index (χ4v) is 11.9. The lowest BCUT2D eigenvalue weighted by Gasteiger charge is -2.22. The predicted octanol–water partition coefficient (Wildman–Crippen LogP) is 24.1. The molecule has 0 saturated heterocycles. The molecule has 0 radical (unpaired) electrons. The van der Waals surface area contributed by atoms with Crippen LogP contribution in [0.4, 0.5) is 0 Å². The van der Waals surface area contributed by atoms with Crippen molar-refractivity contribution in [3.63, 3.8) is 0 Å². The Morgan fingerprint density at radius 1 is 0.346 bits per heavy atom. The van der Waals surface area contributed by atoms with Crippen molar-refractivity contribution in [1.29, 1.82) is 0 Å². The second-order valence-electron chi connectivity index (χ2n) is 25.6. The van der Waals surface area contributed by atoms with Gasteiger partial charge in [0.05, 0.1) is 25.4 Å². The molecule has 3 N–H and O–H groups in total. The zero-order chi connectivity index (χ0) is 58.5. The van der Waals surface area contributed by atoms with Gasteiger partial charge in [0.25, 0.3) is 0 Å². The van der Waals surface area contributed by atoms with Crippen molar-refractivity contribution in [1.82, 2.24) is 5.32 Å². The third kappa shape index (κ3) is 67.3. The van der Waals surface area contributed by atoms with Gasteiger partial charge in [0, 0.05) is 12.8 Å². The first-order chi connectivity index (χ1) is 40.0. The molecule has 0 spiro atoms. The highest BCUT2D eigenvalue weighted by Crippen LogP contribution is 2.20. The number of carbonyl (C=O) groups excluding carboxylic acids is 2. The summed E-state index contributed by atoms with van der Waals surface area (Å²) in [4.78, 5) is 24.6. The van der Waals surface area contributed by atoms with E-state index in [2.05, 4.69) is 43.5 Å². The van der Waals surface area contributed by atoms with Crippen molar-refractivity contribution in [2.75, 3.05) is 13.2 Å². The van der Waals surface area contributed by atoms with Gasteiger partial charge in [-0.1, -0.05) is 372 Å². The van der Waals surface area contributed by atoms with E-state index < -0.39 is 12.1 Å². The highest BCUT2D eigenvalue weighted by atomic mass is 16.5. The Kier molecular flexibility index (Phi) is 69.4. The van der Waals surface area contributed by atoms with E-state index in [1.54, 1.807) is 0 Å². The Hall–Kier alpha value is -1.66. The standard InChI is InChI=1S/C75H145NO5/c1-3-5-7-9-11-13-15-17-19-40-43-47-51-55-59-63-67-73(78)72(71-77)76-74(79)68-64-60-56-52-48-44-41-37-35-33-31-29-27-25-23-21-20-22-24-26-28-30-32-34-36-38-42-46-50-54-58-62-66-70-81-75(80)69-65-61-57-53-49-45-39-18-16-14-12-10-8-6-4-2/h12,14,18,39,72-73,77-78H,3-11,13,15-17,19-38,40-71H2,1-2H3,(H,76,79)/b14-12-,39-18-. The second kappa shape index (κ2) is 70.8. The highest BCUT2D eigenvalue weighted by molar-refractivity contribution is 5.76. The lowest BCUT2D eigenvalue weighted by Crippen LogP contribution is -2.45. The number of aliphatic hydroxyl groups is 2. The molecule has 6 heteroatoms. The SMILES string of the molecule is CCCCC/C=C\C/C=C\CCCCCCCC(=O)OCCCCCCCCCCCCCCCCCCCCCCCCCCCCCCCCCCCC(=O)NC(CO)C(O)CCCCCCCCCCCCCCCCCC. The number of unbranched alkanes of at least 4 members (excludes halogenated alkanes) is 55. The van der Waals surface area contributed by atoms with Gasteiger partial charge in [0.2, 0.25) is 5.91 Å². The van der Waals surface area contributed by atoms with Crippen LogP contribution in [0.25, 0.3) is 0 Å². The number of aliphatic hydroxyl groups excluding tert-OH is 2. The molecule has 2 unspecified atom stereocenters. The molecule has 0 aromatic heterocycles. The summed E-state index contributed by atoms with van der Waals surface area (Å²) in [5, 5.41) is 23.4. The molecule has 0 saturated carbocycles. The lowest BCUT2D eigenvalue weighted by molar-refractivity contribution is -0.143. The minimum Gasteiger partial charge on any atom is -0.466 e. The molecular formula is C75H145NO5. The maximum absolute atomic E-state index is 12.5. The highest BCUT2D eigenvalue weighted by Gasteiger charge is 2.20. The van der Waals surface area contributed by atoms with Crippen LogP contribution in [0.1, 0.15) is 418 Å². The van der Waals surface area contributed by atoms with Crippen LogP contribution in [-0.4, -0.2) is 47.4 Å². The first-order valence-corrected chi connectivity index (χ1v) is 37.1. The third-order valence-electron chi connectivity index (χ3n) is 17.5. The van der Waals surface area contributed by atoms with Gasteiger partial charge in [0.15, 0.2) is 0 Å².